The summed E-state index contributed by atoms with van der Waals surface area (Å²) in [7, 11) is 2.98. The number of amides is 1. The molecule has 2 rings (SSSR count). The Balaban J connectivity index is 2.07. The summed E-state index contributed by atoms with van der Waals surface area (Å²) < 4.78 is 10.4. The lowest BCUT2D eigenvalue weighted by molar-refractivity contribution is -0.143. The average Bonchev–Trinajstić information content (AvgIpc) is 2.55. The summed E-state index contributed by atoms with van der Waals surface area (Å²) in [4.78, 5) is 23.4. The maximum atomic E-state index is 12.4. The highest BCUT2D eigenvalue weighted by atomic mass is 35.5. The Morgan fingerprint density at radius 2 is 1.65 bits per heavy atom. The third-order valence-corrected chi connectivity index (χ3v) is 4.47. The first kappa shape index (κ1) is 17.4. The fourth-order valence-corrected chi connectivity index (χ4v) is 3.03. The zero-order valence-electron chi connectivity index (χ0n) is 13.1. The van der Waals surface area contributed by atoms with Gasteiger partial charge >= 0.3 is 5.97 Å². The lowest BCUT2D eigenvalue weighted by Gasteiger charge is -2.25. The molecule has 7 heteroatoms. The van der Waals surface area contributed by atoms with E-state index in [1.807, 2.05) is 0 Å². The van der Waals surface area contributed by atoms with Gasteiger partial charge in [0.05, 0.1) is 30.8 Å². The van der Waals surface area contributed by atoms with E-state index < -0.39 is 5.97 Å². The second kappa shape index (κ2) is 7.55. The lowest BCUT2D eigenvalue weighted by atomic mass is 9.81. The quantitative estimate of drug-likeness (QED) is 0.859. The summed E-state index contributed by atoms with van der Waals surface area (Å²) in [6, 6.07) is 3.19. The molecular formula is C16H20ClNO5. The van der Waals surface area contributed by atoms with Gasteiger partial charge in [-0.25, -0.2) is 0 Å². The Hall–Kier alpha value is -1.95. The summed E-state index contributed by atoms with van der Waals surface area (Å²) in [5.74, 6) is -0.577. The van der Waals surface area contributed by atoms with E-state index >= 15 is 0 Å². The van der Waals surface area contributed by atoms with Crippen LogP contribution in [0.25, 0.3) is 0 Å². The zero-order valence-corrected chi connectivity index (χ0v) is 13.9. The molecule has 0 radical (unpaired) electrons. The van der Waals surface area contributed by atoms with Crippen LogP contribution in [0.2, 0.25) is 5.02 Å². The van der Waals surface area contributed by atoms with Crippen LogP contribution >= 0.6 is 11.6 Å². The first-order valence-corrected chi connectivity index (χ1v) is 7.79. The number of halogens is 1. The minimum Gasteiger partial charge on any atom is -0.495 e. The third kappa shape index (κ3) is 4.07. The van der Waals surface area contributed by atoms with Gasteiger partial charge in [-0.3, -0.25) is 9.59 Å². The standard InChI is InChI=1S/C16H20ClNO5/c1-22-13-8-12(14(23-2)7-11(13)17)18-15(19)9-3-5-10(6-4-9)16(20)21/h7-10H,3-6H2,1-2H3,(H,18,19)(H,20,21). The normalized spacial score (nSPS) is 20.7. The molecule has 1 aromatic rings. The highest BCUT2D eigenvalue weighted by Crippen LogP contribution is 2.37. The summed E-state index contributed by atoms with van der Waals surface area (Å²) in [6.45, 7) is 0. The van der Waals surface area contributed by atoms with Crippen molar-refractivity contribution in [2.45, 2.75) is 25.7 Å². The van der Waals surface area contributed by atoms with Crippen LogP contribution in [-0.2, 0) is 9.59 Å². The SMILES string of the molecule is COc1cc(NC(=O)C2CCC(C(=O)O)CC2)c(OC)cc1Cl. The van der Waals surface area contributed by atoms with Gasteiger partial charge in [-0.15, -0.1) is 0 Å². The Morgan fingerprint density at radius 1 is 1.09 bits per heavy atom. The molecule has 0 atom stereocenters. The molecule has 2 N–H and O–H groups in total. The summed E-state index contributed by atoms with van der Waals surface area (Å²) in [5, 5.41) is 12.2. The third-order valence-electron chi connectivity index (χ3n) is 4.18. The number of methoxy groups -OCH3 is 2. The van der Waals surface area contributed by atoms with E-state index in [2.05, 4.69) is 5.32 Å². The van der Waals surface area contributed by atoms with Gasteiger partial charge in [0.2, 0.25) is 5.91 Å². The molecule has 1 aromatic carbocycles. The number of ether oxygens (including phenoxy) is 2. The van der Waals surface area contributed by atoms with Crippen molar-refractivity contribution in [2.24, 2.45) is 11.8 Å². The van der Waals surface area contributed by atoms with Gasteiger partial charge in [0.15, 0.2) is 0 Å². The van der Waals surface area contributed by atoms with Crippen molar-refractivity contribution >= 4 is 29.2 Å². The molecule has 6 nitrogen and oxygen atoms in total. The van der Waals surface area contributed by atoms with Gasteiger partial charge in [-0.05, 0) is 25.7 Å². The number of aliphatic carboxylic acids is 1. The fourth-order valence-electron chi connectivity index (χ4n) is 2.80. The second-order valence-electron chi connectivity index (χ2n) is 5.56. The molecule has 0 spiro atoms. The van der Waals surface area contributed by atoms with E-state index in [1.54, 1.807) is 12.1 Å². The maximum absolute atomic E-state index is 12.4. The second-order valence-corrected chi connectivity index (χ2v) is 5.97. The molecule has 1 aliphatic rings. The first-order chi connectivity index (χ1) is 11.0. The topological polar surface area (TPSA) is 84.9 Å². The first-order valence-electron chi connectivity index (χ1n) is 7.41. The number of benzene rings is 1. The van der Waals surface area contributed by atoms with Crippen LogP contribution in [0.5, 0.6) is 11.5 Å². The molecule has 1 amide bonds. The van der Waals surface area contributed by atoms with Gasteiger partial charge in [0.1, 0.15) is 11.5 Å². The molecule has 126 valence electrons. The summed E-state index contributed by atoms with van der Waals surface area (Å²) >= 11 is 6.04. The number of rotatable bonds is 5. The molecule has 1 aliphatic carbocycles. The summed E-state index contributed by atoms with van der Waals surface area (Å²) in [5.41, 5.74) is 0.485. The van der Waals surface area contributed by atoms with E-state index in [-0.39, 0.29) is 17.7 Å². The zero-order chi connectivity index (χ0) is 17.0. The van der Waals surface area contributed by atoms with Crippen molar-refractivity contribution in [3.63, 3.8) is 0 Å². The Kier molecular flexibility index (Phi) is 5.71. The fraction of sp³-hybridized carbons (Fsp3) is 0.500. The minimum atomic E-state index is -0.784. The van der Waals surface area contributed by atoms with Gasteiger partial charge < -0.3 is 19.9 Å². The number of carboxylic acids is 1. The monoisotopic (exact) mass is 341 g/mol. The Morgan fingerprint density at radius 3 is 2.17 bits per heavy atom. The van der Waals surface area contributed by atoms with Crippen LogP contribution in [0.15, 0.2) is 12.1 Å². The van der Waals surface area contributed by atoms with Crippen LogP contribution in [-0.4, -0.2) is 31.2 Å². The molecule has 0 aromatic heterocycles. The van der Waals surface area contributed by atoms with E-state index in [0.29, 0.717) is 47.9 Å². The summed E-state index contributed by atoms with van der Waals surface area (Å²) in [6.07, 6.45) is 2.18. The molecule has 1 fully saturated rings. The predicted molar refractivity (Wildman–Crippen MR) is 86.3 cm³/mol. The van der Waals surface area contributed by atoms with Crippen molar-refractivity contribution in [3.8, 4) is 11.5 Å². The molecule has 0 saturated heterocycles. The average molecular weight is 342 g/mol. The van der Waals surface area contributed by atoms with Crippen LogP contribution in [0.1, 0.15) is 25.7 Å². The maximum Gasteiger partial charge on any atom is 0.306 e. The number of carbonyl (C=O) groups excluding carboxylic acids is 1. The molecule has 0 bridgehead atoms. The van der Waals surface area contributed by atoms with Crippen molar-refractivity contribution < 1.29 is 24.2 Å². The number of nitrogens with one attached hydrogen (secondary N) is 1. The van der Waals surface area contributed by atoms with Crippen LogP contribution < -0.4 is 14.8 Å². The highest BCUT2D eigenvalue weighted by molar-refractivity contribution is 6.32. The van der Waals surface area contributed by atoms with Crippen molar-refractivity contribution in [1.29, 1.82) is 0 Å². The van der Waals surface area contributed by atoms with Crippen LogP contribution in [0.4, 0.5) is 5.69 Å². The number of anilines is 1. The van der Waals surface area contributed by atoms with E-state index in [1.165, 1.54) is 14.2 Å². The smallest absolute Gasteiger partial charge is 0.306 e. The van der Waals surface area contributed by atoms with Crippen molar-refractivity contribution in [1.82, 2.24) is 0 Å². The van der Waals surface area contributed by atoms with Crippen molar-refractivity contribution in [2.75, 3.05) is 19.5 Å². The van der Waals surface area contributed by atoms with Crippen LogP contribution in [0.3, 0.4) is 0 Å². The minimum absolute atomic E-state index is 0.142. The molecule has 0 unspecified atom stereocenters. The Bertz CT molecular complexity index is 596. The van der Waals surface area contributed by atoms with E-state index in [0.717, 1.165) is 0 Å². The van der Waals surface area contributed by atoms with Crippen molar-refractivity contribution in [3.05, 3.63) is 17.2 Å². The molecule has 0 heterocycles. The Labute approximate surface area is 139 Å². The van der Waals surface area contributed by atoms with Gasteiger partial charge in [0.25, 0.3) is 0 Å². The van der Waals surface area contributed by atoms with E-state index in [9.17, 15) is 9.59 Å². The number of hydrogen-bond acceptors (Lipinski definition) is 4. The number of carboxylic acid groups (broad SMARTS) is 1. The van der Waals surface area contributed by atoms with Gasteiger partial charge in [0, 0.05) is 18.1 Å². The molecule has 0 aliphatic heterocycles. The highest BCUT2D eigenvalue weighted by Gasteiger charge is 2.30. The number of hydrogen-bond donors (Lipinski definition) is 2. The number of carbonyl (C=O) groups is 2. The predicted octanol–water partition coefficient (Wildman–Crippen LogP) is 3.19. The van der Waals surface area contributed by atoms with Gasteiger partial charge in [-0.2, -0.15) is 0 Å². The van der Waals surface area contributed by atoms with Gasteiger partial charge in [-0.1, -0.05) is 11.6 Å². The largest absolute Gasteiger partial charge is 0.495 e. The van der Waals surface area contributed by atoms with E-state index in [4.69, 9.17) is 26.2 Å². The molecular weight excluding hydrogens is 322 g/mol. The van der Waals surface area contributed by atoms with Crippen LogP contribution in [0, 0.1) is 11.8 Å². The molecule has 1 saturated carbocycles. The lowest BCUT2D eigenvalue weighted by Crippen LogP contribution is -2.29. The molecule has 23 heavy (non-hydrogen) atoms.